The summed E-state index contributed by atoms with van der Waals surface area (Å²) in [5.74, 6) is -1.93. The molecule has 47 heavy (non-hydrogen) atoms. The van der Waals surface area contributed by atoms with Crippen molar-refractivity contribution in [2.75, 3.05) is 37.0 Å². The summed E-state index contributed by atoms with van der Waals surface area (Å²) in [6.45, 7) is -1.07. The summed E-state index contributed by atoms with van der Waals surface area (Å²) in [5, 5.41) is 17.7. The fourth-order valence-electron chi connectivity index (χ4n) is 4.17. The van der Waals surface area contributed by atoms with Crippen LogP contribution < -0.4 is 41.6 Å². The molecular formula is C29H34F3N9O6. The zero-order valence-corrected chi connectivity index (χ0v) is 25.0. The van der Waals surface area contributed by atoms with Gasteiger partial charge in [-0.15, -0.1) is 0 Å². The van der Waals surface area contributed by atoms with Crippen molar-refractivity contribution < 1.29 is 42.1 Å². The number of nitrogens with one attached hydrogen (secondary N) is 3. The summed E-state index contributed by atoms with van der Waals surface area (Å²) < 4.78 is 55.2. The maximum Gasteiger partial charge on any atom is 0.422 e. The summed E-state index contributed by atoms with van der Waals surface area (Å²) in [4.78, 5) is 40.7. The highest BCUT2D eigenvalue weighted by atomic mass is 19.4. The average Bonchev–Trinajstić information content (AvgIpc) is 3.02. The maximum atomic E-state index is 13.2. The van der Waals surface area contributed by atoms with Gasteiger partial charge < -0.3 is 46.7 Å². The number of nitrogens with zero attached hydrogens (tertiary/aromatic N) is 4. The number of carbonyl (C=O) groups is 2. The van der Waals surface area contributed by atoms with E-state index in [4.69, 9.17) is 25.7 Å². The number of alkyl halides is 3. The predicted molar refractivity (Wildman–Crippen MR) is 164 cm³/mol. The summed E-state index contributed by atoms with van der Waals surface area (Å²) in [5.41, 5.74) is 11.7. The monoisotopic (exact) mass is 661 g/mol. The first-order valence-corrected chi connectivity index (χ1v) is 14.5. The molecule has 3 heterocycles. The highest BCUT2D eigenvalue weighted by Gasteiger charge is 2.29. The van der Waals surface area contributed by atoms with Crippen molar-refractivity contribution in [3.05, 3.63) is 53.6 Å². The van der Waals surface area contributed by atoms with E-state index in [1.807, 2.05) is 24.3 Å². The second-order valence-electron chi connectivity index (χ2n) is 10.2. The van der Waals surface area contributed by atoms with E-state index in [9.17, 15) is 27.9 Å². The van der Waals surface area contributed by atoms with Gasteiger partial charge in [-0.05, 0) is 55.5 Å². The van der Waals surface area contributed by atoms with Gasteiger partial charge in [-0.3, -0.25) is 9.79 Å². The molecule has 0 saturated heterocycles. The summed E-state index contributed by atoms with van der Waals surface area (Å²) >= 11 is 0. The Morgan fingerprint density at radius 1 is 1.00 bits per heavy atom. The molecule has 5 rings (SSSR count). The SMILES string of the molecule is NC(N)=NC[C@H](NC(=O)c1ccc2cc1OCCCCCCOc1ccc(cc1)CNc1nc(nc(OCC(F)(F)F)n1)N2)C(=O)O. The van der Waals surface area contributed by atoms with Gasteiger partial charge in [0.1, 0.15) is 17.5 Å². The number of aliphatic carboxylic acids is 1. The second-order valence-corrected chi connectivity index (χ2v) is 10.2. The molecule has 2 aliphatic heterocycles. The van der Waals surface area contributed by atoms with Crippen molar-refractivity contribution in [3.8, 4) is 17.5 Å². The van der Waals surface area contributed by atoms with E-state index in [0.717, 1.165) is 24.8 Å². The lowest BCUT2D eigenvalue weighted by Gasteiger charge is -2.17. The Bertz CT molecular complexity index is 1550. The third kappa shape index (κ3) is 11.4. The quantitative estimate of drug-likeness (QED) is 0.159. The Morgan fingerprint density at radius 3 is 2.38 bits per heavy atom. The first-order valence-electron chi connectivity index (χ1n) is 14.5. The van der Waals surface area contributed by atoms with Crippen LogP contribution in [-0.2, 0) is 11.3 Å². The van der Waals surface area contributed by atoms with E-state index in [0.29, 0.717) is 24.5 Å². The molecule has 0 saturated carbocycles. The molecule has 3 aromatic rings. The lowest BCUT2D eigenvalue weighted by molar-refractivity contribution is -0.154. The fourth-order valence-corrected chi connectivity index (χ4v) is 4.17. The van der Waals surface area contributed by atoms with E-state index in [-0.39, 0.29) is 42.3 Å². The van der Waals surface area contributed by atoms with Crippen molar-refractivity contribution in [2.24, 2.45) is 16.5 Å². The van der Waals surface area contributed by atoms with Gasteiger partial charge in [-0.25, -0.2) is 4.79 Å². The maximum absolute atomic E-state index is 13.2. The van der Waals surface area contributed by atoms with Crippen LogP contribution in [0.5, 0.6) is 17.5 Å². The van der Waals surface area contributed by atoms with Crippen molar-refractivity contribution >= 4 is 35.4 Å². The molecule has 2 aliphatic rings. The second kappa shape index (κ2) is 16.1. The zero-order chi connectivity index (χ0) is 33.8. The van der Waals surface area contributed by atoms with Crippen molar-refractivity contribution in [2.45, 2.75) is 44.4 Å². The Morgan fingerprint density at radius 2 is 1.70 bits per heavy atom. The van der Waals surface area contributed by atoms with E-state index < -0.39 is 43.3 Å². The van der Waals surface area contributed by atoms with Crippen LogP contribution in [-0.4, -0.2) is 76.5 Å². The van der Waals surface area contributed by atoms with Crippen LogP contribution in [0.4, 0.5) is 30.8 Å². The van der Waals surface area contributed by atoms with Crippen LogP contribution in [0.3, 0.4) is 0 Å². The first-order chi connectivity index (χ1) is 22.4. The number of halogens is 3. The number of amides is 1. The van der Waals surface area contributed by atoms with Crippen molar-refractivity contribution in [1.82, 2.24) is 20.3 Å². The molecule has 8 N–H and O–H groups in total. The number of rotatable bonds is 7. The summed E-state index contributed by atoms with van der Waals surface area (Å²) in [7, 11) is 0. The molecule has 0 spiro atoms. The molecule has 0 fully saturated rings. The Hall–Kier alpha value is -5.55. The lowest BCUT2D eigenvalue weighted by Crippen LogP contribution is -2.43. The minimum atomic E-state index is -4.63. The van der Waals surface area contributed by atoms with Crippen LogP contribution in [0, 0.1) is 0 Å². The van der Waals surface area contributed by atoms with Crippen LogP contribution in [0.2, 0.25) is 0 Å². The molecule has 0 radical (unpaired) electrons. The molecule has 252 valence electrons. The zero-order valence-electron chi connectivity index (χ0n) is 25.0. The number of hydrogen-bond donors (Lipinski definition) is 6. The van der Waals surface area contributed by atoms with Crippen LogP contribution in [0.25, 0.3) is 0 Å². The van der Waals surface area contributed by atoms with Crippen molar-refractivity contribution in [1.29, 1.82) is 0 Å². The third-order valence-electron chi connectivity index (χ3n) is 6.46. The molecule has 6 bridgehead atoms. The summed E-state index contributed by atoms with van der Waals surface area (Å²) in [6.07, 6.45) is -1.52. The smallest absolute Gasteiger partial charge is 0.422 e. The molecule has 1 aromatic heterocycles. The largest absolute Gasteiger partial charge is 0.494 e. The number of aliphatic imine (C=N–C) groups is 1. The number of anilines is 3. The molecule has 15 nitrogen and oxygen atoms in total. The van der Waals surface area contributed by atoms with Gasteiger partial charge in [-0.1, -0.05) is 12.1 Å². The Kier molecular flexibility index (Phi) is 11.8. The lowest BCUT2D eigenvalue weighted by atomic mass is 10.1. The van der Waals surface area contributed by atoms with Gasteiger partial charge in [-0.2, -0.15) is 28.1 Å². The van der Waals surface area contributed by atoms with Gasteiger partial charge in [0.05, 0.1) is 25.3 Å². The van der Waals surface area contributed by atoms with Crippen molar-refractivity contribution in [3.63, 3.8) is 0 Å². The third-order valence-corrected chi connectivity index (χ3v) is 6.46. The van der Waals surface area contributed by atoms with E-state index >= 15 is 0 Å². The van der Waals surface area contributed by atoms with E-state index in [1.54, 1.807) is 0 Å². The highest BCUT2D eigenvalue weighted by Crippen LogP contribution is 2.27. The van der Waals surface area contributed by atoms with Crippen LogP contribution in [0.1, 0.15) is 41.6 Å². The topological polar surface area (TPSA) is 221 Å². The fraction of sp³-hybridized carbons (Fsp3) is 0.379. The van der Waals surface area contributed by atoms with Crippen LogP contribution >= 0.6 is 0 Å². The number of guanidine groups is 1. The van der Waals surface area contributed by atoms with Gasteiger partial charge in [0.25, 0.3) is 5.91 Å². The van der Waals surface area contributed by atoms with Gasteiger partial charge >= 0.3 is 18.2 Å². The molecular weight excluding hydrogens is 627 g/mol. The molecule has 0 aliphatic carbocycles. The molecule has 18 heteroatoms. The number of carbonyl (C=O) groups excluding carboxylic acids is 1. The molecule has 1 amide bonds. The van der Waals surface area contributed by atoms with Gasteiger partial charge in [0.15, 0.2) is 12.6 Å². The number of fused-ring (bicyclic) bond motifs is 10. The molecule has 1 atom stereocenters. The summed E-state index contributed by atoms with van der Waals surface area (Å²) in [6, 6.07) is 9.56. The number of hydrogen-bond acceptors (Lipinski definition) is 11. The normalized spacial score (nSPS) is 14.4. The number of aromatic nitrogens is 3. The van der Waals surface area contributed by atoms with Gasteiger partial charge in [0, 0.05) is 18.3 Å². The molecule has 2 aromatic carbocycles. The average molecular weight is 662 g/mol. The molecule has 0 unspecified atom stereocenters. The standard InChI is InChI=1S/C29H34F3N9O6/c30-29(31,32)16-47-28-40-26-36-14-17-5-8-19(9-6-17)45-11-3-1-2-4-12-46-22-13-18(37-27(39-26)41-28)7-10-20(22)23(42)38-21(24(43)44)15-35-25(33)34/h5-10,13,21H,1-4,11-12,14-16H2,(H,38,42)(H,43,44)(H4,33,34,35)(H2,36,37,39,40,41)/t21-/m0/s1. The predicted octanol–water partition coefficient (Wildman–Crippen LogP) is 2.96. The number of carboxylic acids is 1. The Balaban J connectivity index is 1.64. The Labute approximate surface area is 266 Å². The van der Waals surface area contributed by atoms with E-state index in [2.05, 4.69) is 35.9 Å². The number of benzene rings is 2. The first kappa shape index (κ1) is 34.3. The van der Waals surface area contributed by atoms with Gasteiger partial charge in [0.2, 0.25) is 11.9 Å². The number of ether oxygens (including phenoxy) is 3. The van der Waals surface area contributed by atoms with Crippen LogP contribution in [0.15, 0.2) is 47.5 Å². The number of carboxylic acid groups (broad SMARTS) is 1. The van der Waals surface area contributed by atoms with E-state index in [1.165, 1.54) is 18.2 Å². The highest BCUT2D eigenvalue weighted by molar-refractivity contribution is 5.99. The minimum absolute atomic E-state index is 0.00928. The number of nitrogens with two attached hydrogens (primary N) is 2. The minimum Gasteiger partial charge on any atom is -0.494 e.